The number of rotatable bonds is 3. The third-order valence-corrected chi connectivity index (χ3v) is 4.60. The lowest BCUT2D eigenvalue weighted by atomic mass is 9.95. The number of amides is 2. The van der Waals surface area contributed by atoms with Gasteiger partial charge in [-0.3, -0.25) is 9.59 Å². The van der Waals surface area contributed by atoms with E-state index in [-0.39, 0.29) is 17.9 Å². The van der Waals surface area contributed by atoms with Gasteiger partial charge in [0.1, 0.15) is 0 Å². The van der Waals surface area contributed by atoms with Crippen LogP contribution in [0.1, 0.15) is 44.1 Å². The van der Waals surface area contributed by atoms with E-state index in [4.69, 9.17) is 0 Å². The molecule has 112 valence electrons. The molecule has 4 nitrogen and oxygen atoms in total. The molecular weight excluding hydrogens is 264 g/mol. The minimum absolute atomic E-state index is 0.0452. The third kappa shape index (κ3) is 3.00. The van der Waals surface area contributed by atoms with E-state index < -0.39 is 0 Å². The lowest BCUT2D eigenvalue weighted by molar-refractivity contribution is -0.710. The molecule has 1 aliphatic carbocycles. The first kappa shape index (κ1) is 14.3. The van der Waals surface area contributed by atoms with E-state index in [2.05, 4.69) is 5.32 Å². The lowest BCUT2D eigenvalue weighted by Gasteiger charge is -2.22. The summed E-state index contributed by atoms with van der Waals surface area (Å²) in [5, 5.41) is 2.15. The van der Waals surface area contributed by atoms with Gasteiger partial charge in [0.05, 0.1) is 18.2 Å². The van der Waals surface area contributed by atoms with Crippen molar-refractivity contribution >= 4 is 17.5 Å². The van der Waals surface area contributed by atoms with Crippen molar-refractivity contribution in [1.82, 2.24) is 0 Å². The van der Waals surface area contributed by atoms with Crippen molar-refractivity contribution in [2.75, 3.05) is 4.90 Å². The van der Waals surface area contributed by atoms with Gasteiger partial charge in [-0.2, -0.15) is 0 Å². The molecule has 2 aliphatic rings. The molecule has 2 fully saturated rings. The van der Waals surface area contributed by atoms with Gasteiger partial charge >= 0.3 is 0 Å². The Kier molecular flexibility index (Phi) is 4.06. The normalized spacial score (nSPS) is 23.9. The second-order valence-electron chi connectivity index (χ2n) is 6.31. The molecule has 21 heavy (non-hydrogen) atoms. The van der Waals surface area contributed by atoms with Crippen LogP contribution < -0.4 is 10.2 Å². The fourth-order valence-electron chi connectivity index (χ4n) is 3.50. The smallest absolute Gasteiger partial charge is 0.292 e. The number of imide groups is 1. The van der Waals surface area contributed by atoms with Gasteiger partial charge in [0.25, 0.3) is 5.91 Å². The van der Waals surface area contributed by atoms with Crippen LogP contribution in [0.25, 0.3) is 0 Å². The molecule has 3 rings (SSSR count). The summed E-state index contributed by atoms with van der Waals surface area (Å²) >= 11 is 0. The van der Waals surface area contributed by atoms with Crippen molar-refractivity contribution in [2.45, 2.75) is 57.5 Å². The van der Waals surface area contributed by atoms with Crippen LogP contribution >= 0.6 is 0 Å². The fourth-order valence-corrected chi connectivity index (χ4v) is 3.50. The highest BCUT2D eigenvalue weighted by atomic mass is 16.2. The monoisotopic (exact) mass is 287 g/mol. The number of carbonyl (C=O) groups excluding carboxylic acids is 2. The molecule has 0 aromatic heterocycles. The zero-order valence-corrected chi connectivity index (χ0v) is 12.5. The predicted octanol–water partition coefficient (Wildman–Crippen LogP) is 1.52. The first-order chi connectivity index (χ1) is 10.1. The number of hydrogen-bond donors (Lipinski definition) is 1. The molecule has 4 heteroatoms. The Labute approximate surface area is 125 Å². The summed E-state index contributed by atoms with van der Waals surface area (Å²) in [5.41, 5.74) is 1.78. The number of carbonyl (C=O) groups is 2. The van der Waals surface area contributed by atoms with Crippen molar-refractivity contribution in [3.05, 3.63) is 29.8 Å². The maximum Gasteiger partial charge on any atom is 0.292 e. The molecular formula is C17H23N2O2+. The number of quaternary nitrogens is 1. The molecule has 1 aliphatic heterocycles. The first-order valence-electron chi connectivity index (χ1n) is 7.93. The van der Waals surface area contributed by atoms with Crippen molar-refractivity contribution in [3.8, 4) is 0 Å². The highest BCUT2D eigenvalue weighted by Gasteiger charge is 2.43. The molecule has 1 atom stereocenters. The van der Waals surface area contributed by atoms with E-state index >= 15 is 0 Å². The Bertz CT molecular complexity index is 549. The van der Waals surface area contributed by atoms with Crippen LogP contribution in [0.2, 0.25) is 0 Å². The molecule has 0 unspecified atom stereocenters. The van der Waals surface area contributed by atoms with Crippen molar-refractivity contribution < 1.29 is 14.9 Å². The summed E-state index contributed by atoms with van der Waals surface area (Å²) in [6, 6.07) is 7.90. The van der Waals surface area contributed by atoms with E-state index in [9.17, 15) is 9.59 Å². The van der Waals surface area contributed by atoms with Crippen LogP contribution in [0, 0.1) is 6.92 Å². The topological polar surface area (TPSA) is 54.0 Å². The number of aryl methyl sites for hydroxylation is 1. The van der Waals surface area contributed by atoms with Crippen molar-refractivity contribution in [3.63, 3.8) is 0 Å². The SMILES string of the molecule is Cc1cccc(N2C(=O)C[C@@H]([NH2+]C3CCCCC3)C2=O)c1. The summed E-state index contributed by atoms with van der Waals surface area (Å²) in [6.07, 6.45) is 6.47. The Morgan fingerprint density at radius 3 is 2.62 bits per heavy atom. The highest BCUT2D eigenvalue weighted by molar-refractivity contribution is 6.21. The molecule has 0 radical (unpaired) electrons. The summed E-state index contributed by atoms with van der Waals surface area (Å²) in [4.78, 5) is 26.2. The largest absolute Gasteiger partial charge is 0.333 e. The van der Waals surface area contributed by atoms with E-state index in [1.165, 1.54) is 37.0 Å². The van der Waals surface area contributed by atoms with E-state index in [1.54, 1.807) is 0 Å². The second kappa shape index (κ2) is 5.98. The average molecular weight is 287 g/mol. The predicted molar refractivity (Wildman–Crippen MR) is 80.9 cm³/mol. The summed E-state index contributed by atoms with van der Waals surface area (Å²) in [7, 11) is 0. The molecule has 1 saturated heterocycles. The summed E-state index contributed by atoms with van der Waals surface area (Å²) in [5.74, 6) is -0.112. The summed E-state index contributed by atoms with van der Waals surface area (Å²) in [6.45, 7) is 1.97. The highest BCUT2D eigenvalue weighted by Crippen LogP contribution is 2.23. The van der Waals surface area contributed by atoms with Gasteiger partial charge in [-0.05, 0) is 50.3 Å². The number of nitrogens with two attached hydrogens (primary N) is 1. The van der Waals surface area contributed by atoms with Crippen molar-refractivity contribution in [2.24, 2.45) is 0 Å². The molecule has 1 saturated carbocycles. The van der Waals surface area contributed by atoms with Crippen LogP contribution in [0.4, 0.5) is 5.69 Å². The quantitative estimate of drug-likeness (QED) is 0.857. The lowest BCUT2D eigenvalue weighted by Crippen LogP contribution is -2.96. The summed E-state index contributed by atoms with van der Waals surface area (Å²) < 4.78 is 0. The van der Waals surface area contributed by atoms with Gasteiger partial charge in [-0.25, -0.2) is 4.90 Å². The van der Waals surface area contributed by atoms with Gasteiger partial charge in [0, 0.05) is 0 Å². The van der Waals surface area contributed by atoms with E-state index in [0.29, 0.717) is 18.2 Å². The minimum atomic E-state index is -0.221. The van der Waals surface area contributed by atoms with Gasteiger partial charge in [-0.15, -0.1) is 0 Å². The minimum Gasteiger partial charge on any atom is -0.333 e. The van der Waals surface area contributed by atoms with Gasteiger partial charge < -0.3 is 5.32 Å². The van der Waals surface area contributed by atoms with E-state index in [0.717, 1.165) is 5.56 Å². The van der Waals surface area contributed by atoms with E-state index in [1.807, 2.05) is 31.2 Å². The van der Waals surface area contributed by atoms with Crippen LogP contribution in [-0.4, -0.2) is 23.9 Å². The molecule has 1 aromatic carbocycles. The van der Waals surface area contributed by atoms with Gasteiger partial charge in [0.2, 0.25) is 5.91 Å². The van der Waals surface area contributed by atoms with Crippen LogP contribution in [0.5, 0.6) is 0 Å². The Balaban J connectivity index is 1.72. The maximum atomic E-state index is 12.6. The standard InChI is InChI=1S/C17H22N2O2/c1-12-6-5-9-14(10-12)19-16(20)11-15(17(19)21)18-13-7-3-2-4-8-13/h5-6,9-10,13,15,18H,2-4,7-8,11H2,1H3/p+1/t15-/m1/s1. The Morgan fingerprint density at radius 1 is 1.14 bits per heavy atom. The fraction of sp³-hybridized carbons (Fsp3) is 0.529. The molecule has 0 bridgehead atoms. The molecule has 0 spiro atoms. The number of benzene rings is 1. The van der Waals surface area contributed by atoms with Gasteiger partial charge in [0.15, 0.2) is 6.04 Å². The van der Waals surface area contributed by atoms with Gasteiger partial charge in [-0.1, -0.05) is 18.6 Å². The number of hydrogen-bond acceptors (Lipinski definition) is 2. The second-order valence-corrected chi connectivity index (χ2v) is 6.31. The Morgan fingerprint density at radius 2 is 1.90 bits per heavy atom. The average Bonchev–Trinajstić information content (AvgIpc) is 2.74. The number of nitrogens with zero attached hydrogens (tertiary/aromatic N) is 1. The zero-order valence-electron chi connectivity index (χ0n) is 12.5. The third-order valence-electron chi connectivity index (χ3n) is 4.60. The molecule has 1 heterocycles. The zero-order chi connectivity index (χ0) is 14.8. The maximum absolute atomic E-state index is 12.6. The Hall–Kier alpha value is -1.68. The number of anilines is 1. The van der Waals surface area contributed by atoms with Crippen LogP contribution in [-0.2, 0) is 9.59 Å². The van der Waals surface area contributed by atoms with Crippen LogP contribution in [0.3, 0.4) is 0 Å². The van der Waals surface area contributed by atoms with Crippen molar-refractivity contribution in [1.29, 1.82) is 0 Å². The molecule has 2 amide bonds. The molecule has 2 N–H and O–H groups in total. The van der Waals surface area contributed by atoms with Crippen LogP contribution in [0.15, 0.2) is 24.3 Å². The first-order valence-corrected chi connectivity index (χ1v) is 7.93. The molecule has 1 aromatic rings.